The molecule has 3 aromatic carbocycles. The van der Waals surface area contributed by atoms with E-state index in [1.807, 2.05) is 79.7 Å². The van der Waals surface area contributed by atoms with Crippen molar-refractivity contribution in [2.24, 2.45) is 5.92 Å². The summed E-state index contributed by atoms with van der Waals surface area (Å²) in [5, 5.41) is 11.9. The molecule has 1 N–H and O–H groups in total. The van der Waals surface area contributed by atoms with Crippen molar-refractivity contribution in [2.45, 2.75) is 24.5 Å². The molecule has 1 saturated heterocycles. The molecule has 3 aromatic rings. The highest BCUT2D eigenvalue weighted by atomic mass is 19.1. The summed E-state index contributed by atoms with van der Waals surface area (Å²) in [5.41, 5.74) is 1.49. The van der Waals surface area contributed by atoms with Gasteiger partial charge in [-0.1, -0.05) is 42.5 Å². The van der Waals surface area contributed by atoms with Gasteiger partial charge < -0.3 is 19.3 Å². The fourth-order valence-electron chi connectivity index (χ4n) is 5.22. The lowest BCUT2D eigenvalue weighted by Gasteiger charge is -2.44. The lowest BCUT2D eigenvalue weighted by molar-refractivity contribution is -0.0427. The normalized spacial score (nSPS) is 24.2. The second-order valence-electron chi connectivity index (χ2n) is 9.63. The number of hydrogen-bond acceptors (Lipinski definition) is 5. The van der Waals surface area contributed by atoms with Crippen molar-refractivity contribution >= 4 is 0 Å². The van der Waals surface area contributed by atoms with Gasteiger partial charge in [0.25, 0.3) is 0 Å². The monoisotopic (exact) mass is 477 g/mol. The Kier molecular flexibility index (Phi) is 6.67. The van der Waals surface area contributed by atoms with Crippen LogP contribution in [0, 0.1) is 5.92 Å². The van der Waals surface area contributed by atoms with Gasteiger partial charge in [-0.3, -0.25) is 9.29 Å². The fourth-order valence-corrected chi connectivity index (χ4v) is 5.22. The third-order valence-electron chi connectivity index (χ3n) is 7.19. The molecule has 0 amide bonds. The maximum Gasteiger partial charge on any atom is 0.134 e. The van der Waals surface area contributed by atoms with E-state index in [-0.39, 0.29) is 24.6 Å². The molecule has 0 radical (unpaired) electrons. The summed E-state index contributed by atoms with van der Waals surface area (Å²) in [6, 6.07) is 23.4. The smallest absolute Gasteiger partial charge is 0.134 e. The van der Waals surface area contributed by atoms with Crippen LogP contribution in [0.15, 0.2) is 72.8 Å². The van der Waals surface area contributed by atoms with Gasteiger partial charge in [0.05, 0.1) is 19.7 Å². The second-order valence-corrected chi connectivity index (χ2v) is 9.63. The van der Waals surface area contributed by atoms with Gasteiger partial charge >= 0.3 is 0 Å². The number of nitrogens with zero attached hydrogens (tertiary/aromatic N) is 1. The lowest BCUT2D eigenvalue weighted by atomic mass is 9.71. The van der Waals surface area contributed by atoms with Crippen molar-refractivity contribution in [1.29, 1.82) is 0 Å². The zero-order valence-corrected chi connectivity index (χ0v) is 20.2. The standard InChI is InChI=1S/C29H32FNO4/c1-29(32)25-16-24(33-2)12-13-26(25)35-28(27(29)21-6-4-3-5-7-21)22-8-10-23(11-9-22)34-15-14-31-18-20(17-30)19-31/h3-13,16,20,27-28,32H,14-15,17-19H2,1-2H3. The van der Waals surface area contributed by atoms with E-state index >= 15 is 0 Å². The summed E-state index contributed by atoms with van der Waals surface area (Å²) in [6.07, 6.45) is -0.388. The van der Waals surface area contributed by atoms with E-state index in [2.05, 4.69) is 4.90 Å². The minimum absolute atomic E-state index is 0.186. The summed E-state index contributed by atoms with van der Waals surface area (Å²) >= 11 is 0. The Morgan fingerprint density at radius 1 is 1.00 bits per heavy atom. The van der Waals surface area contributed by atoms with Gasteiger partial charge in [-0.2, -0.15) is 0 Å². The van der Waals surface area contributed by atoms with Crippen molar-refractivity contribution in [1.82, 2.24) is 4.90 Å². The first-order chi connectivity index (χ1) is 17.0. The van der Waals surface area contributed by atoms with Crippen molar-refractivity contribution < 1.29 is 23.7 Å². The van der Waals surface area contributed by atoms with Crippen molar-refractivity contribution in [2.75, 3.05) is 40.0 Å². The van der Waals surface area contributed by atoms with E-state index in [0.717, 1.165) is 36.5 Å². The summed E-state index contributed by atoms with van der Waals surface area (Å²) < 4.78 is 30.4. The van der Waals surface area contributed by atoms with Crippen molar-refractivity contribution in [3.63, 3.8) is 0 Å². The molecular weight excluding hydrogens is 445 g/mol. The van der Waals surface area contributed by atoms with E-state index in [9.17, 15) is 9.50 Å². The zero-order chi connectivity index (χ0) is 24.4. The van der Waals surface area contributed by atoms with E-state index in [1.165, 1.54) is 0 Å². The van der Waals surface area contributed by atoms with Crippen LogP contribution in [0.25, 0.3) is 0 Å². The number of methoxy groups -OCH3 is 1. The van der Waals surface area contributed by atoms with Crippen molar-refractivity contribution in [3.05, 3.63) is 89.5 Å². The maximum atomic E-state index is 12.6. The maximum absolute atomic E-state index is 12.6. The predicted octanol–water partition coefficient (Wildman–Crippen LogP) is 5.10. The number of likely N-dealkylation sites (tertiary alicyclic amines) is 1. The Labute approximate surface area is 206 Å². The van der Waals surface area contributed by atoms with Crippen LogP contribution in [0.4, 0.5) is 4.39 Å². The van der Waals surface area contributed by atoms with Gasteiger partial charge in [0.1, 0.15) is 35.6 Å². The summed E-state index contributed by atoms with van der Waals surface area (Å²) in [5.74, 6) is 1.96. The molecule has 0 aromatic heterocycles. The number of benzene rings is 3. The molecule has 0 aliphatic carbocycles. The summed E-state index contributed by atoms with van der Waals surface area (Å²) in [7, 11) is 1.62. The molecule has 0 saturated carbocycles. The molecule has 5 rings (SSSR count). The molecule has 2 aliphatic rings. The minimum atomic E-state index is -1.18. The van der Waals surface area contributed by atoms with Gasteiger partial charge in [-0.15, -0.1) is 0 Å². The Hall–Kier alpha value is -3.09. The highest BCUT2D eigenvalue weighted by molar-refractivity contribution is 5.49. The van der Waals surface area contributed by atoms with Crippen LogP contribution in [0.5, 0.6) is 17.2 Å². The molecule has 5 nitrogen and oxygen atoms in total. The lowest BCUT2D eigenvalue weighted by Crippen LogP contribution is -2.49. The first-order valence-electron chi connectivity index (χ1n) is 12.1. The highest BCUT2D eigenvalue weighted by Gasteiger charge is 2.47. The Bertz CT molecular complexity index is 1130. The molecule has 2 heterocycles. The van der Waals surface area contributed by atoms with E-state index in [0.29, 0.717) is 23.7 Å². The molecule has 184 valence electrons. The van der Waals surface area contributed by atoms with E-state index in [4.69, 9.17) is 14.2 Å². The molecular formula is C29H32FNO4. The zero-order valence-electron chi connectivity index (χ0n) is 20.2. The Balaban J connectivity index is 1.38. The number of rotatable bonds is 8. The third-order valence-corrected chi connectivity index (χ3v) is 7.19. The molecule has 0 bridgehead atoms. The Morgan fingerprint density at radius 2 is 1.71 bits per heavy atom. The molecule has 3 unspecified atom stereocenters. The Morgan fingerprint density at radius 3 is 2.40 bits per heavy atom. The molecule has 3 atom stereocenters. The van der Waals surface area contributed by atoms with Crippen LogP contribution < -0.4 is 14.2 Å². The largest absolute Gasteiger partial charge is 0.497 e. The summed E-state index contributed by atoms with van der Waals surface area (Å²) in [4.78, 5) is 2.20. The summed E-state index contributed by atoms with van der Waals surface area (Å²) in [6.45, 7) is 4.59. The van der Waals surface area contributed by atoms with Gasteiger partial charge in [-0.05, 0) is 48.4 Å². The number of alkyl halides is 1. The molecule has 35 heavy (non-hydrogen) atoms. The van der Waals surface area contributed by atoms with Gasteiger partial charge in [0, 0.05) is 31.1 Å². The van der Waals surface area contributed by atoms with Crippen LogP contribution in [-0.2, 0) is 5.60 Å². The minimum Gasteiger partial charge on any atom is -0.497 e. The van der Waals surface area contributed by atoms with Crippen LogP contribution in [-0.4, -0.2) is 50.0 Å². The topological polar surface area (TPSA) is 51.2 Å². The average molecular weight is 478 g/mol. The van der Waals surface area contributed by atoms with Crippen LogP contribution in [0.2, 0.25) is 0 Å². The molecule has 1 fully saturated rings. The van der Waals surface area contributed by atoms with E-state index in [1.54, 1.807) is 7.11 Å². The number of aliphatic hydroxyl groups is 1. The average Bonchev–Trinajstić information content (AvgIpc) is 2.85. The van der Waals surface area contributed by atoms with E-state index < -0.39 is 5.60 Å². The molecule has 0 spiro atoms. The number of halogens is 1. The number of ether oxygens (including phenoxy) is 3. The highest BCUT2D eigenvalue weighted by Crippen LogP contribution is 2.54. The first kappa shape index (κ1) is 23.6. The first-order valence-corrected chi connectivity index (χ1v) is 12.1. The molecule has 6 heteroatoms. The van der Waals surface area contributed by atoms with Gasteiger partial charge in [0.2, 0.25) is 0 Å². The quantitative estimate of drug-likeness (QED) is 0.489. The third kappa shape index (κ3) is 4.73. The number of fused-ring (bicyclic) bond motifs is 1. The predicted molar refractivity (Wildman–Crippen MR) is 133 cm³/mol. The van der Waals surface area contributed by atoms with Crippen LogP contribution in [0.3, 0.4) is 0 Å². The SMILES string of the molecule is COc1ccc2c(c1)C(C)(O)C(c1ccccc1)C(c1ccc(OCCN3CC(CF)C3)cc1)O2. The van der Waals surface area contributed by atoms with Crippen LogP contribution >= 0.6 is 0 Å². The van der Waals surface area contributed by atoms with Crippen LogP contribution in [0.1, 0.15) is 35.6 Å². The van der Waals surface area contributed by atoms with Gasteiger partial charge in [0.15, 0.2) is 0 Å². The number of hydrogen-bond donors (Lipinski definition) is 1. The second kappa shape index (κ2) is 9.88. The van der Waals surface area contributed by atoms with Gasteiger partial charge in [-0.25, -0.2) is 0 Å². The molecule has 2 aliphatic heterocycles. The van der Waals surface area contributed by atoms with Crippen molar-refractivity contribution in [3.8, 4) is 17.2 Å². The fraction of sp³-hybridized carbons (Fsp3) is 0.379.